The van der Waals surface area contributed by atoms with Gasteiger partial charge in [0.25, 0.3) is 0 Å². The van der Waals surface area contributed by atoms with Gasteiger partial charge in [0, 0.05) is 30.5 Å². The zero-order chi connectivity index (χ0) is 11.6. The highest BCUT2D eigenvalue weighted by Gasteiger charge is 2.07. The van der Waals surface area contributed by atoms with Crippen molar-refractivity contribution in [3.8, 4) is 0 Å². The Hall–Kier alpha value is -0.990. The topological polar surface area (TPSA) is 22.2 Å². The Kier molecular flexibility index (Phi) is 3.77. The molecule has 0 atom stereocenters. The second kappa shape index (κ2) is 4.69. The van der Waals surface area contributed by atoms with Crippen LogP contribution in [0.4, 0.5) is 0 Å². The van der Waals surface area contributed by atoms with Crippen LogP contribution < -0.4 is 5.62 Å². The van der Waals surface area contributed by atoms with Crippen molar-refractivity contribution in [3.05, 3.63) is 18.0 Å². The van der Waals surface area contributed by atoms with E-state index in [2.05, 4.69) is 68.1 Å². The van der Waals surface area contributed by atoms with E-state index in [1.807, 2.05) is 0 Å². The summed E-state index contributed by atoms with van der Waals surface area (Å²) in [5, 5.41) is 0. The molecule has 1 aromatic rings. The largest absolute Gasteiger partial charge is 0.315 e. The van der Waals surface area contributed by atoms with Gasteiger partial charge in [-0.05, 0) is 41.5 Å². The Morgan fingerprint density at radius 3 is 1.53 bits per heavy atom. The summed E-state index contributed by atoms with van der Waals surface area (Å²) >= 11 is 0. The van der Waals surface area contributed by atoms with Gasteiger partial charge in [-0.2, -0.15) is 0 Å². The van der Waals surface area contributed by atoms with Crippen molar-refractivity contribution in [2.45, 2.75) is 59.7 Å². The third kappa shape index (κ3) is 2.74. The molecule has 0 amide bonds. The van der Waals surface area contributed by atoms with Gasteiger partial charge in [0.05, 0.1) is 0 Å². The first-order valence-electron chi connectivity index (χ1n) is 5.76. The molecule has 0 fully saturated rings. The maximum atomic E-state index is 4.69. The highest BCUT2D eigenvalue weighted by molar-refractivity contribution is 4.85. The average molecular weight is 209 g/mol. The first-order valence-corrected chi connectivity index (χ1v) is 5.76. The van der Waals surface area contributed by atoms with Crippen LogP contribution in [0.25, 0.3) is 0 Å². The lowest BCUT2D eigenvalue weighted by Crippen LogP contribution is -2.29. The smallest absolute Gasteiger partial charge is 0.205 e. The second-order valence-electron chi connectivity index (χ2n) is 4.82. The molecular weight excluding hydrogens is 186 g/mol. The van der Waals surface area contributed by atoms with E-state index >= 15 is 0 Å². The van der Waals surface area contributed by atoms with Gasteiger partial charge in [0.2, 0.25) is 5.62 Å². The predicted octanol–water partition coefficient (Wildman–Crippen LogP) is 2.76. The lowest BCUT2D eigenvalue weighted by molar-refractivity contribution is 0.497. The van der Waals surface area contributed by atoms with E-state index in [0.717, 1.165) is 5.62 Å². The lowest BCUT2D eigenvalue weighted by atomic mass is 10.4. The van der Waals surface area contributed by atoms with E-state index in [-0.39, 0.29) is 0 Å². The minimum atomic E-state index is 0.336. The van der Waals surface area contributed by atoms with E-state index < -0.39 is 0 Å². The van der Waals surface area contributed by atoms with Crippen molar-refractivity contribution in [3.63, 3.8) is 0 Å². The van der Waals surface area contributed by atoms with Crippen LogP contribution in [0, 0.1) is 0 Å². The zero-order valence-electron chi connectivity index (χ0n) is 10.7. The van der Waals surface area contributed by atoms with Crippen LogP contribution >= 0.6 is 0 Å². The van der Waals surface area contributed by atoms with Crippen LogP contribution in [-0.2, 0) is 0 Å². The molecule has 1 heterocycles. The minimum absolute atomic E-state index is 0.336. The molecule has 86 valence electrons. The summed E-state index contributed by atoms with van der Waals surface area (Å²) in [7, 11) is 0. The number of hydrogen-bond acceptors (Lipinski definition) is 1. The summed E-state index contributed by atoms with van der Waals surface area (Å²) in [6.07, 6.45) is 4.23. The van der Waals surface area contributed by atoms with Crippen molar-refractivity contribution in [2.75, 3.05) is 0 Å². The molecule has 0 N–H and O–H groups in total. The standard InChI is InChI=1S/C12H23N3/c1-9(2)13-12-14(10(3)4)7-8-15(12)11(5)6/h7-11H,1-6H3. The van der Waals surface area contributed by atoms with Crippen LogP contribution in [0.2, 0.25) is 0 Å². The molecule has 0 aliphatic heterocycles. The molecule has 3 heteroatoms. The molecule has 0 unspecified atom stereocenters. The van der Waals surface area contributed by atoms with Crippen molar-refractivity contribution in [2.24, 2.45) is 4.99 Å². The first kappa shape index (κ1) is 12.1. The summed E-state index contributed by atoms with van der Waals surface area (Å²) in [6, 6.07) is 1.26. The third-order valence-electron chi connectivity index (χ3n) is 2.34. The molecule has 0 spiro atoms. The number of hydrogen-bond donors (Lipinski definition) is 0. The summed E-state index contributed by atoms with van der Waals surface area (Å²) < 4.78 is 4.44. The molecule has 1 rings (SSSR count). The normalized spacial score (nSPS) is 11.8. The van der Waals surface area contributed by atoms with Gasteiger partial charge < -0.3 is 9.13 Å². The van der Waals surface area contributed by atoms with Gasteiger partial charge in [0.1, 0.15) is 0 Å². The van der Waals surface area contributed by atoms with Gasteiger partial charge in [-0.3, -0.25) is 0 Å². The van der Waals surface area contributed by atoms with Crippen LogP contribution in [0.15, 0.2) is 17.4 Å². The van der Waals surface area contributed by atoms with E-state index in [4.69, 9.17) is 0 Å². The Morgan fingerprint density at radius 2 is 1.27 bits per heavy atom. The highest BCUT2D eigenvalue weighted by atomic mass is 15.2. The Balaban J connectivity index is 3.33. The number of aromatic nitrogens is 2. The SMILES string of the molecule is CC(C)N=c1n(C(C)C)ccn1C(C)C. The Morgan fingerprint density at radius 1 is 0.867 bits per heavy atom. The molecule has 1 aromatic heterocycles. The summed E-state index contributed by atoms with van der Waals surface area (Å²) in [5.74, 6) is 0. The van der Waals surface area contributed by atoms with Crippen LogP contribution in [0.1, 0.15) is 53.6 Å². The fraction of sp³-hybridized carbons (Fsp3) is 0.750. The molecule has 0 saturated carbocycles. The predicted molar refractivity (Wildman–Crippen MR) is 63.9 cm³/mol. The number of nitrogens with zero attached hydrogens (tertiary/aromatic N) is 3. The summed E-state index contributed by atoms with van der Waals surface area (Å²) in [5.41, 5.74) is 1.08. The Bertz CT molecular complexity index is 338. The second-order valence-corrected chi connectivity index (χ2v) is 4.82. The first-order chi connectivity index (χ1) is 6.93. The molecule has 0 bridgehead atoms. The quantitative estimate of drug-likeness (QED) is 0.730. The van der Waals surface area contributed by atoms with Gasteiger partial charge in [-0.25, -0.2) is 4.99 Å². The fourth-order valence-corrected chi connectivity index (χ4v) is 1.58. The maximum Gasteiger partial charge on any atom is 0.205 e. The van der Waals surface area contributed by atoms with E-state index in [1.165, 1.54) is 0 Å². The molecule has 0 aliphatic carbocycles. The van der Waals surface area contributed by atoms with Crippen molar-refractivity contribution >= 4 is 0 Å². The molecule has 0 radical (unpaired) electrons. The van der Waals surface area contributed by atoms with Crippen molar-refractivity contribution in [1.82, 2.24) is 9.13 Å². The van der Waals surface area contributed by atoms with E-state index in [1.54, 1.807) is 0 Å². The van der Waals surface area contributed by atoms with Gasteiger partial charge in [-0.1, -0.05) is 0 Å². The summed E-state index contributed by atoms with van der Waals surface area (Å²) in [6.45, 7) is 13.0. The van der Waals surface area contributed by atoms with Crippen LogP contribution in [0.3, 0.4) is 0 Å². The Labute approximate surface area is 92.5 Å². The van der Waals surface area contributed by atoms with Crippen molar-refractivity contribution < 1.29 is 0 Å². The van der Waals surface area contributed by atoms with Gasteiger partial charge >= 0.3 is 0 Å². The molecular formula is C12H23N3. The van der Waals surface area contributed by atoms with Gasteiger partial charge in [0.15, 0.2) is 0 Å². The number of imidazole rings is 1. The summed E-state index contributed by atoms with van der Waals surface area (Å²) in [4.78, 5) is 4.69. The highest BCUT2D eigenvalue weighted by Crippen LogP contribution is 2.04. The molecule has 0 saturated heterocycles. The monoisotopic (exact) mass is 209 g/mol. The maximum absolute atomic E-state index is 4.69. The van der Waals surface area contributed by atoms with E-state index in [9.17, 15) is 0 Å². The number of rotatable bonds is 3. The lowest BCUT2D eigenvalue weighted by Gasteiger charge is -2.11. The third-order valence-corrected chi connectivity index (χ3v) is 2.34. The molecule has 3 nitrogen and oxygen atoms in total. The van der Waals surface area contributed by atoms with Crippen LogP contribution in [-0.4, -0.2) is 15.2 Å². The molecule has 0 aliphatic rings. The molecule has 15 heavy (non-hydrogen) atoms. The van der Waals surface area contributed by atoms with Crippen LogP contribution in [0.5, 0.6) is 0 Å². The zero-order valence-corrected chi connectivity index (χ0v) is 10.7. The fourth-order valence-electron chi connectivity index (χ4n) is 1.58. The van der Waals surface area contributed by atoms with Gasteiger partial charge in [-0.15, -0.1) is 0 Å². The average Bonchev–Trinajstić information content (AvgIpc) is 2.46. The van der Waals surface area contributed by atoms with Crippen molar-refractivity contribution in [1.29, 1.82) is 0 Å². The van der Waals surface area contributed by atoms with E-state index in [0.29, 0.717) is 18.1 Å². The minimum Gasteiger partial charge on any atom is -0.315 e. The molecule has 0 aromatic carbocycles.